The largest absolute Gasteiger partial charge is 0.490 e. The molecule has 9 heteroatoms. The van der Waals surface area contributed by atoms with E-state index in [9.17, 15) is 9.59 Å². The molecule has 0 saturated heterocycles. The molecule has 4 fully saturated rings. The van der Waals surface area contributed by atoms with Crippen molar-refractivity contribution in [1.82, 2.24) is 5.43 Å². The predicted octanol–water partition coefficient (Wildman–Crippen LogP) is 6.75. The van der Waals surface area contributed by atoms with Gasteiger partial charge >= 0.3 is 0 Å². The Kier molecular flexibility index (Phi) is 9.07. The second kappa shape index (κ2) is 13.3. The molecule has 2 N–H and O–H groups in total. The maximum atomic E-state index is 12.7. The quantitative estimate of drug-likeness (QED) is 0.173. The number of nitrogens with zero attached hydrogens (tertiary/aromatic N) is 1. The molecule has 3 aromatic rings. The Morgan fingerprint density at radius 1 is 0.841 bits per heavy atom. The van der Waals surface area contributed by atoms with Gasteiger partial charge in [0.25, 0.3) is 11.8 Å². The third-order valence-electron chi connectivity index (χ3n) is 9.03. The molecular formula is C35H38ClN3O5. The third-order valence-corrected chi connectivity index (χ3v) is 9.28. The van der Waals surface area contributed by atoms with Crippen molar-refractivity contribution in [2.75, 3.05) is 25.1 Å². The number of benzene rings is 3. The summed E-state index contributed by atoms with van der Waals surface area (Å²) in [6.07, 6.45) is 9.73. The van der Waals surface area contributed by atoms with Crippen LogP contribution in [0.3, 0.4) is 0 Å². The van der Waals surface area contributed by atoms with Gasteiger partial charge in [-0.1, -0.05) is 23.7 Å². The predicted molar refractivity (Wildman–Crippen MR) is 171 cm³/mol. The van der Waals surface area contributed by atoms with Gasteiger partial charge in [-0.15, -0.1) is 0 Å². The van der Waals surface area contributed by atoms with E-state index in [1.165, 1.54) is 50.3 Å². The van der Waals surface area contributed by atoms with Crippen LogP contribution in [0.5, 0.6) is 17.2 Å². The lowest BCUT2D eigenvalue weighted by Gasteiger charge is -2.57. The zero-order valence-corrected chi connectivity index (χ0v) is 25.6. The van der Waals surface area contributed by atoms with Crippen molar-refractivity contribution in [2.24, 2.45) is 22.9 Å². The molecule has 0 aliphatic heterocycles. The molecule has 8 nitrogen and oxygen atoms in total. The fourth-order valence-electron chi connectivity index (χ4n) is 7.59. The van der Waals surface area contributed by atoms with Crippen LogP contribution in [0.1, 0.15) is 56.6 Å². The Labute approximate surface area is 263 Å². The maximum Gasteiger partial charge on any atom is 0.277 e. The molecule has 230 valence electrons. The zero-order valence-electron chi connectivity index (χ0n) is 24.9. The molecule has 3 aromatic carbocycles. The Hall–Kier alpha value is -4.04. The highest BCUT2D eigenvalue weighted by Crippen LogP contribution is 2.60. The summed E-state index contributed by atoms with van der Waals surface area (Å²) in [5, 5.41) is 7.54. The first-order chi connectivity index (χ1) is 21.4. The monoisotopic (exact) mass is 615 g/mol. The van der Waals surface area contributed by atoms with E-state index < -0.39 is 5.91 Å². The topological polar surface area (TPSA) is 98.2 Å². The van der Waals surface area contributed by atoms with Crippen LogP contribution in [0.25, 0.3) is 0 Å². The molecule has 4 bridgehead atoms. The van der Waals surface area contributed by atoms with Gasteiger partial charge in [-0.2, -0.15) is 5.10 Å². The molecule has 0 heterocycles. The normalized spacial score (nSPS) is 23.4. The lowest BCUT2D eigenvalue weighted by atomic mass is 9.48. The summed E-state index contributed by atoms with van der Waals surface area (Å²) in [5.41, 5.74) is 5.65. The standard InChI is InChI=1S/C35H38ClN3O5/c1-2-42-32-16-23(20-37-39-34(41)22-43-30-10-6-28(36)7-11-30)3-12-31(32)44-21-33(40)38-29-8-4-27(5-9-29)35-17-24-13-25(18-35)15-26(14-24)19-35/h3-12,16,20,24-26H,2,13-15,17-19,21-22H2,1H3,(H,38,40)(H,39,41)/b37-20-. The minimum Gasteiger partial charge on any atom is -0.490 e. The first-order valence-corrected chi connectivity index (χ1v) is 15.8. The number of carbonyl (C=O) groups excluding carboxylic acids is 2. The van der Waals surface area contributed by atoms with Crippen molar-refractivity contribution in [2.45, 2.75) is 50.9 Å². The van der Waals surface area contributed by atoms with Gasteiger partial charge in [0, 0.05) is 10.7 Å². The van der Waals surface area contributed by atoms with Gasteiger partial charge in [-0.05, 0) is 134 Å². The first-order valence-electron chi connectivity index (χ1n) is 15.4. The van der Waals surface area contributed by atoms with E-state index in [1.54, 1.807) is 42.5 Å². The van der Waals surface area contributed by atoms with Gasteiger partial charge < -0.3 is 19.5 Å². The summed E-state index contributed by atoms with van der Waals surface area (Å²) in [5.74, 6) is 3.48. The van der Waals surface area contributed by atoms with Crippen molar-refractivity contribution in [3.05, 3.63) is 82.9 Å². The summed E-state index contributed by atoms with van der Waals surface area (Å²) < 4.78 is 17.0. The maximum absolute atomic E-state index is 12.7. The number of rotatable bonds is 12. The van der Waals surface area contributed by atoms with Crippen LogP contribution in [0.15, 0.2) is 71.8 Å². The molecule has 44 heavy (non-hydrogen) atoms. The molecule has 4 aliphatic carbocycles. The molecule has 2 amide bonds. The van der Waals surface area contributed by atoms with E-state index in [4.69, 9.17) is 25.8 Å². The highest BCUT2D eigenvalue weighted by Gasteiger charge is 2.51. The summed E-state index contributed by atoms with van der Waals surface area (Å²) >= 11 is 5.86. The average Bonchev–Trinajstić information content (AvgIpc) is 3.00. The number of halogens is 1. The van der Waals surface area contributed by atoms with E-state index >= 15 is 0 Å². The number of hydrogen-bond acceptors (Lipinski definition) is 6. The molecule has 4 aliphatic rings. The van der Waals surface area contributed by atoms with Crippen LogP contribution in [0.2, 0.25) is 5.02 Å². The first kappa shape index (κ1) is 30.0. The molecule has 0 spiro atoms. The van der Waals surface area contributed by atoms with Crippen molar-refractivity contribution < 1.29 is 23.8 Å². The molecule has 4 saturated carbocycles. The minimum absolute atomic E-state index is 0.159. The van der Waals surface area contributed by atoms with Crippen LogP contribution in [-0.2, 0) is 15.0 Å². The number of anilines is 1. The van der Waals surface area contributed by atoms with E-state index in [0.29, 0.717) is 39.9 Å². The van der Waals surface area contributed by atoms with Crippen molar-refractivity contribution in [3.8, 4) is 17.2 Å². The van der Waals surface area contributed by atoms with Crippen LogP contribution < -0.4 is 25.0 Å². The Morgan fingerprint density at radius 2 is 1.50 bits per heavy atom. The highest BCUT2D eigenvalue weighted by atomic mass is 35.5. The number of hydrogen-bond donors (Lipinski definition) is 2. The van der Waals surface area contributed by atoms with Gasteiger partial charge in [0.1, 0.15) is 5.75 Å². The second-order valence-electron chi connectivity index (χ2n) is 12.3. The number of nitrogens with one attached hydrogen (secondary N) is 2. The van der Waals surface area contributed by atoms with Crippen LogP contribution in [0, 0.1) is 17.8 Å². The van der Waals surface area contributed by atoms with E-state index in [0.717, 1.165) is 23.4 Å². The fraction of sp³-hybridized carbons (Fsp3) is 0.400. The van der Waals surface area contributed by atoms with Crippen molar-refractivity contribution >= 4 is 35.3 Å². The highest BCUT2D eigenvalue weighted by molar-refractivity contribution is 6.30. The van der Waals surface area contributed by atoms with Crippen LogP contribution in [-0.4, -0.2) is 37.8 Å². The smallest absolute Gasteiger partial charge is 0.277 e. The van der Waals surface area contributed by atoms with Crippen molar-refractivity contribution in [1.29, 1.82) is 0 Å². The molecule has 7 rings (SSSR count). The summed E-state index contributed by atoms with van der Waals surface area (Å²) in [6.45, 7) is 1.93. The van der Waals surface area contributed by atoms with Gasteiger partial charge in [0.2, 0.25) is 0 Å². The number of ether oxygens (including phenoxy) is 3. The van der Waals surface area contributed by atoms with Crippen LogP contribution in [0.4, 0.5) is 5.69 Å². The third kappa shape index (κ3) is 7.18. The lowest BCUT2D eigenvalue weighted by Crippen LogP contribution is -2.48. The molecule has 0 radical (unpaired) electrons. The van der Waals surface area contributed by atoms with Gasteiger partial charge in [0.05, 0.1) is 12.8 Å². The summed E-state index contributed by atoms with van der Waals surface area (Å²) in [6, 6.07) is 20.4. The molecular weight excluding hydrogens is 578 g/mol. The molecule has 0 atom stereocenters. The fourth-order valence-corrected chi connectivity index (χ4v) is 7.72. The van der Waals surface area contributed by atoms with E-state index in [-0.39, 0.29) is 19.1 Å². The lowest BCUT2D eigenvalue weighted by molar-refractivity contribution is -0.123. The average molecular weight is 616 g/mol. The zero-order chi connectivity index (χ0) is 30.5. The molecule has 0 aromatic heterocycles. The SMILES string of the molecule is CCOc1cc(/C=N\NC(=O)COc2ccc(Cl)cc2)ccc1OCC(=O)Nc1ccc(C23CC4CC(CC(C4)C2)C3)cc1. The van der Waals surface area contributed by atoms with Gasteiger partial charge in [0.15, 0.2) is 24.7 Å². The van der Waals surface area contributed by atoms with E-state index in [1.807, 2.05) is 19.1 Å². The Morgan fingerprint density at radius 3 is 2.16 bits per heavy atom. The second-order valence-corrected chi connectivity index (χ2v) is 12.7. The van der Waals surface area contributed by atoms with E-state index in [2.05, 4.69) is 28.0 Å². The van der Waals surface area contributed by atoms with Gasteiger partial charge in [-0.3, -0.25) is 9.59 Å². The number of amides is 2. The van der Waals surface area contributed by atoms with Gasteiger partial charge in [-0.25, -0.2) is 5.43 Å². The molecule has 0 unspecified atom stereocenters. The number of carbonyl (C=O) groups is 2. The summed E-state index contributed by atoms with van der Waals surface area (Å²) in [7, 11) is 0. The minimum atomic E-state index is -0.408. The van der Waals surface area contributed by atoms with Crippen molar-refractivity contribution in [3.63, 3.8) is 0 Å². The van der Waals surface area contributed by atoms with Crippen LogP contribution >= 0.6 is 11.6 Å². The Bertz CT molecular complexity index is 1470. The Balaban J connectivity index is 0.987. The summed E-state index contributed by atoms with van der Waals surface area (Å²) in [4.78, 5) is 24.8. The number of hydrazone groups is 1.